The maximum Gasteiger partial charge on any atom is 0.338 e. The van der Waals surface area contributed by atoms with Gasteiger partial charge in [0.15, 0.2) is 0 Å². The molecular weight excluding hydrogens is 272 g/mol. The summed E-state index contributed by atoms with van der Waals surface area (Å²) in [4.78, 5) is 21.3. The summed E-state index contributed by atoms with van der Waals surface area (Å²) in [6.07, 6.45) is 0. The number of carbonyl (C=O) groups is 2. The van der Waals surface area contributed by atoms with E-state index in [1.54, 1.807) is 19.1 Å². The topological polar surface area (TPSA) is 83.8 Å². The molecule has 2 rings (SSSR count). The van der Waals surface area contributed by atoms with E-state index < -0.39 is 5.97 Å². The van der Waals surface area contributed by atoms with Crippen LogP contribution in [-0.4, -0.2) is 28.8 Å². The summed E-state index contributed by atoms with van der Waals surface area (Å²) in [7, 11) is 0. The van der Waals surface area contributed by atoms with Crippen LogP contribution in [0.15, 0.2) is 54.6 Å². The van der Waals surface area contributed by atoms with Crippen molar-refractivity contribution >= 4 is 11.9 Å². The average molecular weight is 288 g/mol. The molecule has 0 spiro atoms. The van der Waals surface area contributed by atoms with Crippen molar-refractivity contribution in [3.05, 3.63) is 65.7 Å². The van der Waals surface area contributed by atoms with Crippen LogP contribution < -0.4 is 0 Å². The molecule has 0 saturated heterocycles. The Hall–Kier alpha value is -2.82. The molecule has 5 heteroatoms. The van der Waals surface area contributed by atoms with Crippen molar-refractivity contribution in [3.63, 3.8) is 0 Å². The van der Waals surface area contributed by atoms with Crippen LogP contribution in [0.5, 0.6) is 5.75 Å². The quantitative estimate of drug-likeness (QED) is 0.848. The summed E-state index contributed by atoms with van der Waals surface area (Å²) in [5.74, 6) is -1.17. The number of esters is 1. The molecule has 0 aliphatic heterocycles. The Morgan fingerprint density at radius 1 is 0.952 bits per heavy atom. The number of phenolic OH excluding ortho intramolecular Hbond substituents is 1. The smallest absolute Gasteiger partial charge is 0.338 e. The lowest BCUT2D eigenvalue weighted by molar-refractivity contribution is 0.0526. The predicted octanol–water partition coefficient (Wildman–Crippen LogP) is 2.95. The second-order valence-electron chi connectivity index (χ2n) is 3.94. The molecule has 2 aromatic rings. The Labute approximate surface area is 122 Å². The van der Waals surface area contributed by atoms with Crippen LogP contribution in [0.1, 0.15) is 27.6 Å². The number of rotatable bonds is 3. The number of phenols is 1. The van der Waals surface area contributed by atoms with E-state index in [4.69, 9.17) is 14.9 Å². The van der Waals surface area contributed by atoms with Crippen molar-refractivity contribution in [2.75, 3.05) is 6.61 Å². The largest absolute Gasteiger partial charge is 0.508 e. The lowest BCUT2D eigenvalue weighted by Gasteiger charge is -1.99. The lowest BCUT2D eigenvalue weighted by atomic mass is 10.2. The van der Waals surface area contributed by atoms with Gasteiger partial charge < -0.3 is 14.9 Å². The molecule has 0 bridgehead atoms. The Kier molecular flexibility index (Phi) is 6.47. The van der Waals surface area contributed by atoms with Gasteiger partial charge in [0.2, 0.25) is 0 Å². The Morgan fingerprint density at radius 3 is 2.00 bits per heavy atom. The van der Waals surface area contributed by atoms with Gasteiger partial charge in [0.25, 0.3) is 0 Å². The van der Waals surface area contributed by atoms with Crippen LogP contribution in [-0.2, 0) is 4.74 Å². The number of carboxylic acids is 1. The number of benzene rings is 2. The molecule has 0 heterocycles. The molecule has 0 amide bonds. The zero-order valence-electron chi connectivity index (χ0n) is 11.5. The van der Waals surface area contributed by atoms with Crippen molar-refractivity contribution in [2.24, 2.45) is 0 Å². The van der Waals surface area contributed by atoms with E-state index in [-0.39, 0.29) is 17.3 Å². The van der Waals surface area contributed by atoms with E-state index >= 15 is 0 Å². The van der Waals surface area contributed by atoms with Gasteiger partial charge in [-0.2, -0.15) is 0 Å². The van der Waals surface area contributed by atoms with Gasteiger partial charge in [0, 0.05) is 0 Å². The maximum absolute atomic E-state index is 11.0. The number of aromatic carboxylic acids is 1. The Bertz CT molecular complexity index is 575. The molecule has 0 fully saturated rings. The number of carbonyl (C=O) groups excluding carboxylic acids is 1. The van der Waals surface area contributed by atoms with Crippen molar-refractivity contribution in [3.8, 4) is 5.75 Å². The van der Waals surface area contributed by atoms with Crippen LogP contribution in [0, 0.1) is 0 Å². The number of aromatic hydroxyl groups is 1. The highest BCUT2D eigenvalue weighted by atomic mass is 16.5. The first-order valence-corrected chi connectivity index (χ1v) is 6.29. The maximum atomic E-state index is 11.0. The van der Waals surface area contributed by atoms with E-state index in [1.807, 2.05) is 18.2 Å². The van der Waals surface area contributed by atoms with Crippen molar-refractivity contribution in [2.45, 2.75) is 6.92 Å². The number of hydrogen-bond donors (Lipinski definition) is 2. The third-order valence-corrected chi connectivity index (χ3v) is 2.40. The zero-order valence-corrected chi connectivity index (χ0v) is 11.5. The van der Waals surface area contributed by atoms with Gasteiger partial charge in [0.1, 0.15) is 5.75 Å². The SMILES string of the molecule is CCOC(=O)c1ccccc1.O=C(O)c1ccc(O)cc1. The summed E-state index contributed by atoms with van der Waals surface area (Å²) < 4.78 is 4.79. The monoisotopic (exact) mass is 288 g/mol. The second-order valence-corrected chi connectivity index (χ2v) is 3.94. The number of carboxylic acid groups (broad SMARTS) is 1. The molecule has 0 saturated carbocycles. The van der Waals surface area contributed by atoms with E-state index in [2.05, 4.69) is 0 Å². The zero-order chi connectivity index (χ0) is 15.7. The highest BCUT2D eigenvalue weighted by Crippen LogP contribution is 2.08. The molecule has 0 radical (unpaired) electrons. The van der Waals surface area contributed by atoms with Crippen LogP contribution in [0.3, 0.4) is 0 Å². The van der Waals surface area contributed by atoms with Gasteiger partial charge in [-0.05, 0) is 43.3 Å². The normalized spacial score (nSPS) is 9.19. The van der Waals surface area contributed by atoms with E-state index in [1.165, 1.54) is 24.3 Å². The van der Waals surface area contributed by atoms with Gasteiger partial charge >= 0.3 is 11.9 Å². The molecule has 2 N–H and O–H groups in total. The van der Waals surface area contributed by atoms with Crippen molar-refractivity contribution < 1.29 is 24.5 Å². The van der Waals surface area contributed by atoms with Gasteiger partial charge in [0.05, 0.1) is 17.7 Å². The van der Waals surface area contributed by atoms with Crippen LogP contribution >= 0.6 is 0 Å². The first-order chi connectivity index (χ1) is 10.0. The minimum atomic E-state index is -0.986. The van der Waals surface area contributed by atoms with Gasteiger partial charge in [-0.3, -0.25) is 0 Å². The van der Waals surface area contributed by atoms with Gasteiger partial charge in [-0.1, -0.05) is 18.2 Å². The standard InChI is InChI=1S/C9H10O2.C7H6O3/c1-2-11-9(10)8-6-4-3-5-7-8;8-6-3-1-5(2-4-6)7(9)10/h3-7H,2H2,1H3;1-4,8H,(H,9,10). The first kappa shape index (κ1) is 16.2. The van der Waals surface area contributed by atoms with Gasteiger partial charge in [-0.25, -0.2) is 9.59 Å². The lowest BCUT2D eigenvalue weighted by Crippen LogP contribution is -2.03. The molecule has 2 aromatic carbocycles. The third-order valence-electron chi connectivity index (χ3n) is 2.40. The van der Waals surface area contributed by atoms with Crippen LogP contribution in [0.25, 0.3) is 0 Å². The minimum absolute atomic E-state index is 0.0741. The fourth-order valence-electron chi connectivity index (χ4n) is 1.39. The number of hydrogen-bond acceptors (Lipinski definition) is 4. The van der Waals surface area contributed by atoms with E-state index in [9.17, 15) is 9.59 Å². The predicted molar refractivity (Wildman–Crippen MR) is 77.5 cm³/mol. The third kappa shape index (κ3) is 5.78. The number of ether oxygens (including phenoxy) is 1. The molecule has 21 heavy (non-hydrogen) atoms. The van der Waals surface area contributed by atoms with Crippen molar-refractivity contribution in [1.29, 1.82) is 0 Å². The highest BCUT2D eigenvalue weighted by molar-refractivity contribution is 5.89. The molecule has 5 nitrogen and oxygen atoms in total. The fourth-order valence-corrected chi connectivity index (χ4v) is 1.39. The molecule has 0 unspecified atom stereocenters. The molecular formula is C16H16O5. The summed E-state index contributed by atoms with van der Waals surface area (Å²) in [5.41, 5.74) is 0.784. The van der Waals surface area contributed by atoms with Crippen LogP contribution in [0.2, 0.25) is 0 Å². The van der Waals surface area contributed by atoms with Crippen LogP contribution in [0.4, 0.5) is 0 Å². The first-order valence-electron chi connectivity index (χ1n) is 6.29. The Balaban J connectivity index is 0.000000211. The summed E-state index contributed by atoms with van der Waals surface area (Å²) >= 11 is 0. The molecule has 0 aliphatic rings. The summed E-state index contributed by atoms with van der Waals surface area (Å²) in [5, 5.41) is 17.1. The summed E-state index contributed by atoms with van der Waals surface area (Å²) in [6.45, 7) is 2.22. The van der Waals surface area contributed by atoms with Crippen molar-refractivity contribution in [1.82, 2.24) is 0 Å². The van der Waals surface area contributed by atoms with E-state index in [0.29, 0.717) is 12.2 Å². The highest BCUT2D eigenvalue weighted by Gasteiger charge is 2.02. The molecule has 0 aliphatic carbocycles. The van der Waals surface area contributed by atoms with Gasteiger partial charge in [-0.15, -0.1) is 0 Å². The minimum Gasteiger partial charge on any atom is -0.508 e. The second kappa shape index (κ2) is 8.37. The average Bonchev–Trinajstić information content (AvgIpc) is 2.49. The summed E-state index contributed by atoms with van der Waals surface area (Å²) in [6, 6.07) is 14.3. The van der Waals surface area contributed by atoms with E-state index in [0.717, 1.165) is 0 Å². The fraction of sp³-hybridized carbons (Fsp3) is 0.125. The molecule has 0 atom stereocenters. The molecule has 0 aromatic heterocycles. The molecule has 110 valence electrons. The Morgan fingerprint density at radius 2 is 1.52 bits per heavy atom.